The number of benzene rings is 3. The zero-order valence-electron chi connectivity index (χ0n) is 18.3. The number of hydrogen-bond donors (Lipinski definition) is 0. The van der Waals surface area contributed by atoms with Gasteiger partial charge in [0.2, 0.25) is 0 Å². The largest absolute Gasteiger partial charge is 0.493 e. The molecule has 0 radical (unpaired) electrons. The number of ether oxygens (including phenoxy) is 2. The lowest BCUT2D eigenvalue weighted by atomic mass is 10.0. The molecular formula is C26H24ClNO4S. The van der Waals surface area contributed by atoms with Gasteiger partial charge in [-0.1, -0.05) is 55.3 Å². The molecule has 1 aliphatic heterocycles. The van der Waals surface area contributed by atoms with Gasteiger partial charge in [-0.3, -0.25) is 14.5 Å². The Morgan fingerprint density at radius 3 is 2.55 bits per heavy atom. The van der Waals surface area contributed by atoms with Crippen LogP contribution in [0.25, 0.3) is 16.8 Å². The lowest BCUT2D eigenvalue weighted by Gasteiger charge is -2.14. The summed E-state index contributed by atoms with van der Waals surface area (Å²) in [5, 5.41) is 2.33. The van der Waals surface area contributed by atoms with Crippen LogP contribution >= 0.6 is 23.4 Å². The fourth-order valence-corrected chi connectivity index (χ4v) is 4.46. The molecule has 0 aliphatic carbocycles. The second kappa shape index (κ2) is 10.8. The van der Waals surface area contributed by atoms with E-state index in [9.17, 15) is 9.59 Å². The number of carbonyl (C=O) groups excluding carboxylic acids is 2. The predicted molar refractivity (Wildman–Crippen MR) is 134 cm³/mol. The molecule has 0 bridgehead atoms. The standard InChI is InChI=1S/C26H24ClNO4S/c1-2-3-15-32-23-13-8-18-6-4-5-7-21(18)22(23)17-24-25(29)28(26(30)33-24)14-16-31-20-11-9-19(27)10-12-20/h4-13,17H,2-3,14-16H2,1H3/b24-17-. The summed E-state index contributed by atoms with van der Waals surface area (Å²) in [6.45, 7) is 3.07. The number of thioether (sulfide) groups is 1. The minimum atomic E-state index is -0.322. The normalized spacial score (nSPS) is 15.0. The molecule has 0 atom stereocenters. The molecule has 170 valence electrons. The van der Waals surface area contributed by atoms with Gasteiger partial charge >= 0.3 is 0 Å². The summed E-state index contributed by atoms with van der Waals surface area (Å²) in [6, 6.07) is 18.8. The molecule has 1 aliphatic rings. The van der Waals surface area contributed by atoms with Crippen LogP contribution in [0.4, 0.5) is 4.79 Å². The first-order valence-corrected chi connectivity index (χ1v) is 12.0. The Balaban J connectivity index is 1.53. The fraction of sp³-hybridized carbons (Fsp3) is 0.231. The van der Waals surface area contributed by atoms with Crippen LogP contribution in [-0.4, -0.2) is 35.8 Å². The zero-order valence-corrected chi connectivity index (χ0v) is 19.8. The molecule has 1 fully saturated rings. The number of nitrogens with zero attached hydrogens (tertiary/aromatic N) is 1. The van der Waals surface area contributed by atoms with Gasteiger partial charge in [0.05, 0.1) is 18.1 Å². The van der Waals surface area contributed by atoms with Gasteiger partial charge in [0.25, 0.3) is 11.1 Å². The average molecular weight is 482 g/mol. The van der Waals surface area contributed by atoms with Crippen molar-refractivity contribution in [3.05, 3.63) is 76.2 Å². The quantitative estimate of drug-likeness (QED) is 0.249. The van der Waals surface area contributed by atoms with Crippen molar-refractivity contribution < 1.29 is 19.1 Å². The molecule has 0 N–H and O–H groups in total. The molecule has 2 amide bonds. The first-order chi connectivity index (χ1) is 16.1. The molecular weight excluding hydrogens is 458 g/mol. The van der Waals surface area contributed by atoms with E-state index in [2.05, 4.69) is 6.92 Å². The molecule has 0 aromatic heterocycles. The van der Waals surface area contributed by atoms with E-state index in [1.165, 1.54) is 4.90 Å². The van der Waals surface area contributed by atoms with Crippen molar-refractivity contribution in [3.8, 4) is 11.5 Å². The van der Waals surface area contributed by atoms with Gasteiger partial charge in [0.1, 0.15) is 18.1 Å². The smallest absolute Gasteiger partial charge is 0.293 e. The third-order valence-electron chi connectivity index (χ3n) is 5.23. The van der Waals surface area contributed by atoms with Gasteiger partial charge in [-0.05, 0) is 65.4 Å². The molecule has 0 saturated carbocycles. The molecule has 4 rings (SSSR count). The lowest BCUT2D eigenvalue weighted by molar-refractivity contribution is -0.123. The molecule has 0 spiro atoms. The van der Waals surface area contributed by atoms with Crippen molar-refractivity contribution >= 4 is 51.4 Å². The maximum Gasteiger partial charge on any atom is 0.293 e. The molecule has 33 heavy (non-hydrogen) atoms. The Morgan fingerprint density at radius 2 is 1.76 bits per heavy atom. The number of fused-ring (bicyclic) bond motifs is 1. The summed E-state index contributed by atoms with van der Waals surface area (Å²) in [5.74, 6) is 1.02. The van der Waals surface area contributed by atoms with Crippen LogP contribution in [0.5, 0.6) is 11.5 Å². The van der Waals surface area contributed by atoms with E-state index in [-0.39, 0.29) is 24.3 Å². The Kier molecular flexibility index (Phi) is 7.57. The number of halogens is 1. The molecule has 0 unspecified atom stereocenters. The number of unbranched alkanes of at least 4 members (excludes halogenated alkanes) is 1. The van der Waals surface area contributed by atoms with E-state index in [0.717, 1.165) is 40.9 Å². The Hall–Kier alpha value is -2.96. The van der Waals surface area contributed by atoms with Crippen LogP contribution in [0.15, 0.2) is 65.6 Å². The van der Waals surface area contributed by atoms with Crippen LogP contribution in [0.1, 0.15) is 25.3 Å². The minimum Gasteiger partial charge on any atom is -0.493 e. The van der Waals surface area contributed by atoms with Crippen molar-refractivity contribution in [1.29, 1.82) is 0 Å². The van der Waals surface area contributed by atoms with Gasteiger partial charge in [-0.25, -0.2) is 0 Å². The summed E-state index contributed by atoms with van der Waals surface area (Å²) < 4.78 is 11.7. The third-order valence-corrected chi connectivity index (χ3v) is 6.39. The highest BCUT2D eigenvalue weighted by Gasteiger charge is 2.35. The van der Waals surface area contributed by atoms with Crippen LogP contribution < -0.4 is 9.47 Å². The first kappa shape index (κ1) is 23.2. The van der Waals surface area contributed by atoms with Gasteiger partial charge in [0.15, 0.2) is 0 Å². The van der Waals surface area contributed by atoms with Crippen LogP contribution in [0, 0.1) is 0 Å². The maximum atomic E-state index is 13.0. The van der Waals surface area contributed by atoms with Crippen molar-refractivity contribution in [2.75, 3.05) is 19.8 Å². The number of carbonyl (C=O) groups is 2. The average Bonchev–Trinajstić information content (AvgIpc) is 3.09. The number of hydrogen-bond acceptors (Lipinski definition) is 5. The number of amides is 2. The van der Waals surface area contributed by atoms with E-state index in [1.54, 1.807) is 30.3 Å². The van der Waals surface area contributed by atoms with Crippen LogP contribution in [-0.2, 0) is 4.79 Å². The highest BCUT2D eigenvalue weighted by atomic mass is 35.5. The monoisotopic (exact) mass is 481 g/mol. The Bertz CT molecular complexity index is 1190. The molecule has 1 saturated heterocycles. The van der Waals surface area contributed by atoms with E-state index >= 15 is 0 Å². The highest BCUT2D eigenvalue weighted by molar-refractivity contribution is 8.18. The second-order valence-corrected chi connectivity index (χ2v) is 8.97. The first-order valence-electron chi connectivity index (χ1n) is 10.8. The lowest BCUT2D eigenvalue weighted by Crippen LogP contribution is -2.32. The van der Waals surface area contributed by atoms with E-state index in [0.29, 0.717) is 28.0 Å². The summed E-state index contributed by atoms with van der Waals surface area (Å²) in [7, 11) is 0. The minimum absolute atomic E-state index is 0.167. The maximum absolute atomic E-state index is 13.0. The molecule has 5 nitrogen and oxygen atoms in total. The molecule has 3 aromatic carbocycles. The Morgan fingerprint density at radius 1 is 0.970 bits per heavy atom. The zero-order chi connectivity index (χ0) is 23.2. The number of rotatable bonds is 9. The van der Waals surface area contributed by atoms with Crippen LogP contribution in [0.3, 0.4) is 0 Å². The molecule has 3 aromatic rings. The number of imide groups is 1. The van der Waals surface area contributed by atoms with E-state index < -0.39 is 0 Å². The van der Waals surface area contributed by atoms with Gasteiger partial charge in [0, 0.05) is 10.6 Å². The van der Waals surface area contributed by atoms with Gasteiger partial charge in [-0.2, -0.15) is 0 Å². The van der Waals surface area contributed by atoms with Crippen LogP contribution in [0.2, 0.25) is 5.02 Å². The summed E-state index contributed by atoms with van der Waals surface area (Å²) in [5.41, 5.74) is 0.812. The van der Waals surface area contributed by atoms with Gasteiger partial charge < -0.3 is 9.47 Å². The predicted octanol–water partition coefficient (Wildman–Crippen LogP) is 6.79. The van der Waals surface area contributed by atoms with Crippen molar-refractivity contribution in [2.45, 2.75) is 19.8 Å². The second-order valence-electron chi connectivity index (χ2n) is 7.54. The summed E-state index contributed by atoms with van der Waals surface area (Å²) >= 11 is 6.82. The van der Waals surface area contributed by atoms with E-state index in [1.807, 2.05) is 36.4 Å². The van der Waals surface area contributed by atoms with E-state index in [4.69, 9.17) is 21.1 Å². The Labute approximate surface area is 202 Å². The van der Waals surface area contributed by atoms with Crippen molar-refractivity contribution in [1.82, 2.24) is 4.90 Å². The topological polar surface area (TPSA) is 55.8 Å². The fourth-order valence-electron chi connectivity index (χ4n) is 3.49. The summed E-state index contributed by atoms with van der Waals surface area (Å²) in [6.07, 6.45) is 3.74. The highest BCUT2D eigenvalue weighted by Crippen LogP contribution is 2.36. The SMILES string of the molecule is CCCCOc1ccc2ccccc2c1/C=C1\SC(=O)N(CCOc2ccc(Cl)cc2)C1=O. The van der Waals surface area contributed by atoms with Crippen molar-refractivity contribution in [2.24, 2.45) is 0 Å². The van der Waals surface area contributed by atoms with Gasteiger partial charge in [-0.15, -0.1) is 0 Å². The third kappa shape index (κ3) is 5.52. The van der Waals surface area contributed by atoms with Crippen molar-refractivity contribution in [3.63, 3.8) is 0 Å². The summed E-state index contributed by atoms with van der Waals surface area (Å²) in [4.78, 5) is 27.2. The molecule has 7 heteroatoms. The molecule has 1 heterocycles.